The highest BCUT2D eigenvalue weighted by Gasteiger charge is 2.36. The summed E-state index contributed by atoms with van der Waals surface area (Å²) < 4.78 is 2.30. The predicted molar refractivity (Wildman–Crippen MR) is 236 cm³/mol. The Morgan fingerprint density at radius 2 is 0.895 bits per heavy atom. The van der Waals surface area contributed by atoms with Crippen molar-refractivity contribution in [3.63, 3.8) is 0 Å². The number of hydrogen-bond acceptors (Lipinski definition) is 2. The van der Waals surface area contributed by atoms with Crippen LogP contribution in [0.15, 0.2) is 176 Å². The number of imidazole rings is 1. The van der Waals surface area contributed by atoms with Crippen molar-refractivity contribution < 1.29 is 0 Å². The van der Waals surface area contributed by atoms with Crippen LogP contribution in [0.4, 0.5) is 0 Å². The largest absolute Gasteiger partial charge is 0.292 e. The number of fused-ring (bicyclic) bond motifs is 7. The van der Waals surface area contributed by atoms with E-state index in [4.69, 9.17) is 9.97 Å². The van der Waals surface area contributed by atoms with E-state index in [0.29, 0.717) is 0 Å². The second-order valence-corrected chi connectivity index (χ2v) is 16.7. The first-order valence-electron chi connectivity index (χ1n) is 19.9. The van der Waals surface area contributed by atoms with Crippen LogP contribution in [0.5, 0.6) is 0 Å². The molecule has 2 heterocycles. The van der Waals surface area contributed by atoms with Crippen molar-refractivity contribution in [1.29, 1.82) is 0 Å². The Bertz CT molecular complexity index is 2930. The standard InChI is InChI=1S/C54H41N3/c1-53(2)45-21-13-11-19-41(45)43-32-35(23-25-47(43)53)37-29-38(36-24-26-48-44(33-36)42-20-12-14-22-46(42)54(48,3)4)31-39(30-37)52-56-51-49(57(52)40-17-9-6-10-18-40)27-28-55-50(51)34-15-7-5-8-16-34/h5-33H,1-4H3. The zero-order valence-corrected chi connectivity index (χ0v) is 32.6. The van der Waals surface area contributed by atoms with Crippen molar-refractivity contribution in [2.45, 2.75) is 38.5 Å². The number of pyridine rings is 1. The molecule has 11 rings (SSSR count). The smallest absolute Gasteiger partial charge is 0.145 e. The van der Waals surface area contributed by atoms with Gasteiger partial charge < -0.3 is 0 Å². The number of para-hydroxylation sites is 1. The van der Waals surface area contributed by atoms with Gasteiger partial charge in [-0.3, -0.25) is 9.55 Å². The normalized spacial score (nSPS) is 14.2. The quantitative estimate of drug-likeness (QED) is 0.176. The van der Waals surface area contributed by atoms with Crippen molar-refractivity contribution in [3.05, 3.63) is 198 Å². The lowest BCUT2D eigenvalue weighted by atomic mass is 9.82. The SMILES string of the molecule is CC1(C)c2ccccc2-c2cc(-c3cc(-c4ccc5c(c4)-c4ccccc4C5(C)C)cc(-c4nc5c(-c6ccccc6)nccc5n4-c4ccccc4)c3)ccc21. The summed E-state index contributed by atoms with van der Waals surface area (Å²) in [4.78, 5) is 10.4. The molecule has 2 aromatic heterocycles. The van der Waals surface area contributed by atoms with Gasteiger partial charge in [0.05, 0.1) is 11.2 Å². The molecule has 0 saturated carbocycles. The van der Waals surface area contributed by atoms with E-state index in [1.165, 1.54) is 55.6 Å². The number of nitrogens with zero attached hydrogens (tertiary/aromatic N) is 3. The van der Waals surface area contributed by atoms with E-state index < -0.39 is 0 Å². The van der Waals surface area contributed by atoms with Gasteiger partial charge in [-0.25, -0.2) is 4.98 Å². The summed E-state index contributed by atoms with van der Waals surface area (Å²) in [5.74, 6) is 0.879. The van der Waals surface area contributed by atoms with Gasteiger partial charge in [-0.2, -0.15) is 0 Å². The van der Waals surface area contributed by atoms with Crippen LogP contribution in [0.2, 0.25) is 0 Å². The van der Waals surface area contributed by atoms with Crippen molar-refractivity contribution >= 4 is 11.0 Å². The Labute approximate surface area is 334 Å². The molecule has 0 saturated heterocycles. The van der Waals surface area contributed by atoms with Crippen LogP contribution in [0.25, 0.3) is 83.9 Å². The Kier molecular flexibility index (Phi) is 7.25. The van der Waals surface area contributed by atoms with Crippen LogP contribution >= 0.6 is 0 Å². The molecule has 0 N–H and O–H groups in total. The van der Waals surface area contributed by atoms with Gasteiger partial charge in [-0.15, -0.1) is 0 Å². The van der Waals surface area contributed by atoms with Crippen molar-refractivity contribution in [1.82, 2.24) is 14.5 Å². The lowest BCUT2D eigenvalue weighted by Gasteiger charge is -2.21. The highest BCUT2D eigenvalue weighted by molar-refractivity contribution is 5.95. The summed E-state index contributed by atoms with van der Waals surface area (Å²) in [6.07, 6.45) is 1.91. The van der Waals surface area contributed by atoms with Crippen molar-refractivity contribution in [3.8, 4) is 72.8 Å². The molecule has 0 fully saturated rings. The summed E-state index contributed by atoms with van der Waals surface area (Å²) >= 11 is 0. The minimum atomic E-state index is -0.0585. The molecule has 2 aliphatic rings. The minimum Gasteiger partial charge on any atom is -0.292 e. The fourth-order valence-electron chi connectivity index (χ4n) is 9.73. The highest BCUT2D eigenvalue weighted by Crippen LogP contribution is 2.51. The van der Waals surface area contributed by atoms with Gasteiger partial charge in [-0.05, 0) is 115 Å². The Hall–Kier alpha value is -6.84. The molecule has 3 heteroatoms. The minimum absolute atomic E-state index is 0.0585. The summed E-state index contributed by atoms with van der Waals surface area (Å²) in [6.45, 7) is 9.37. The number of benzene rings is 7. The molecule has 0 unspecified atom stereocenters. The zero-order valence-electron chi connectivity index (χ0n) is 32.6. The van der Waals surface area contributed by atoms with Gasteiger partial charge in [0, 0.05) is 33.8 Å². The predicted octanol–water partition coefficient (Wildman–Crippen LogP) is 13.7. The third-order valence-corrected chi connectivity index (χ3v) is 12.7. The van der Waals surface area contributed by atoms with Gasteiger partial charge in [0.1, 0.15) is 11.3 Å². The second-order valence-electron chi connectivity index (χ2n) is 16.7. The average Bonchev–Trinajstić information content (AvgIpc) is 3.84. The molecular weight excluding hydrogens is 691 g/mol. The van der Waals surface area contributed by atoms with Crippen LogP contribution < -0.4 is 0 Å². The Morgan fingerprint density at radius 3 is 1.47 bits per heavy atom. The molecular formula is C54H41N3. The maximum atomic E-state index is 5.52. The molecule has 272 valence electrons. The number of aromatic nitrogens is 3. The molecule has 0 aliphatic heterocycles. The Balaban J connectivity index is 1.17. The molecule has 57 heavy (non-hydrogen) atoms. The topological polar surface area (TPSA) is 30.7 Å². The number of rotatable bonds is 5. The lowest BCUT2D eigenvalue weighted by Crippen LogP contribution is -2.14. The van der Waals surface area contributed by atoms with E-state index in [1.807, 2.05) is 12.3 Å². The molecule has 0 atom stereocenters. The van der Waals surface area contributed by atoms with Crippen LogP contribution in [-0.2, 0) is 10.8 Å². The van der Waals surface area contributed by atoms with E-state index in [9.17, 15) is 0 Å². The van der Waals surface area contributed by atoms with E-state index >= 15 is 0 Å². The maximum Gasteiger partial charge on any atom is 0.145 e. The maximum absolute atomic E-state index is 5.52. The van der Waals surface area contributed by atoms with E-state index in [2.05, 4.69) is 196 Å². The van der Waals surface area contributed by atoms with Gasteiger partial charge >= 0.3 is 0 Å². The van der Waals surface area contributed by atoms with Crippen molar-refractivity contribution in [2.24, 2.45) is 0 Å². The fourth-order valence-corrected chi connectivity index (χ4v) is 9.73. The summed E-state index contributed by atoms with van der Waals surface area (Å²) in [5.41, 5.74) is 21.3. The highest BCUT2D eigenvalue weighted by atomic mass is 15.1. The van der Waals surface area contributed by atoms with Gasteiger partial charge in [0.2, 0.25) is 0 Å². The second kappa shape index (κ2) is 12.3. The lowest BCUT2D eigenvalue weighted by molar-refractivity contribution is 0.660. The average molecular weight is 732 g/mol. The summed E-state index contributed by atoms with van der Waals surface area (Å²) in [6, 6.07) is 62.0. The van der Waals surface area contributed by atoms with E-state index in [1.54, 1.807) is 0 Å². The van der Waals surface area contributed by atoms with E-state index in [0.717, 1.165) is 50.5 Å². The van der Waals surface area contributed by atoms with Gasteiger partial charge in [0.25, 0.3) is 0 Å². The van der Waals surface area contributed by atoms with Gasteiger partial charge in [-0.1, -0.05) is 149 Å². The van der Waals surface area contributed by atoms with Crippen molar-refractivity contribution in [2.75, 3.05) is 0 Å². The third kappa shape index (κ3) is 5.05. The third-order valence-electron chi connectivity index (χ3n) is 12.7. The fraction of sp³-hybridized carbons (Fsp3) is 0.111. The summed E-state index contributed by atoms with van der Waals surface area (Å²) in [7, 11) is 0. The molecule has 0 radical (unpaired) electrons. The van der Waals surface area contributed by atoms with E-state index in [-0.39, 0.29) is 10.8 Å². The molecule has 9 aromatic rings. The molecule has 0 bridgehead atoms. The van der Waals surface area contributed by atoms with Crippen LogP contribution in [0.1, 0.15) is 49.9 Å². The van der Waals surface area contributed by atoms with Crippen LogP contribution in [0.3, 0.4) is 0 Å². The van der Waals surface area contributed by atoms with Crippen LogP contribution in [-0.4, -0.2) is 14.5 Å². The molecule has 7 aromatic carbocycles. The van der Waals surface area contributed by atoms with Crippen LogP contribution in [0, 0.1) is 0 Å². The first-order chi connectivity index (χ1) is 27.8. The molecule has 2 aliphatic carbocycles. The molecule has 3 nitrogen and oxygen atoms in total. The molecule has 0 spiro atoms. The zero-order chi connectivity index (χ0) is 38.5. The first kappa shape index (κ1) is 33.5. The van der Waals surface area contributed by atoms with Gasteiger partial charge in [0.15, 0.2) is 0 Å². The number of hydrogen-bond donors (Lipinski definition) is 0. The monoisotopic (exact) mass is 731 g/mol. The first-order valence-corrected chi connectivity index (χ1v) is 19.9. The summed E-state index contributed by atoms with van der Waals surface area (Å²) in [5, 5.41) is 0. The Morgan fingerprint density at radius 1 is 0.404 bits per heavy atom. The molecule has 0 amide bonds.